The van der Waals surface area contributed by atoms with Crippen molar-refractivity contribution in [1.29, 1.82) is 10.5 Å². The summed E-state index contributed by atoms with van der Waals surface area (Å²) in [4.78, 5) is 7.89. The fraction of sp³-hybridized carbons (Fsp3) is 0.318. The van der Waals surface area contributed by atoms with Crippen LogP contribution in [-0.2, 0) is 13.0 Å². The van der Waals surface area contributed by atoms with Gasteiger partial charge in [0.2, 0.25) is 0 Å². The number of hydrogen-bond acceptors (Lipinski definition) is 5. The van der Waals surface area contributed by atoms with E-state index in [1.807, 2.05) is 37.4 Å². The molecule has 2 heterocycles. The average Bonchev–Trinajstić information content (AvgIpc) is 3.36. The highest BCUT2D eigenvalue weighted by Crippen LogP contribution is 2.29. The van der Waals surface area contributed by atoms with Crippen LogP contribution in [0.4, 0.5) is 0 Å². The second-order valence-electron chi connectivity index (χ2n) is 5.71. The molecule has 0 fully saturated rings. The third kappa shape index (κ3) is 6.10. The van der Waals surface area contributed by atoms with E-state index in [1.165, 1.54) is 0 Å². The van der Waals surface area contributed by atoms with Gasteiger partial charge in [-0.25, -0.2) is 0 Å². The average molecular weight is 409 g/mol. The molecular weight excluding hydrogens is 384 g/mol. The molecule has 0 saturated carbocycles. The summed E-state index contributed by atoms with van der Waals surface area (Å²) in [7, 11) is 0. The van der Waals surface area contributed by atoms with Gasteiger partial charge in [0.05, 0.1) is 17.0 Å². The summed E-state index contributed by atoms with van der Waals surface area (Å²) in [5, 5.41) is 24.2. The summed E-state index contributed by atoms with van der Waals surface area (Å²) in [5.74, 6) is 0.668. The Bertz CT molecular complexity index is 916. The molecule has 0 aliphatic rings. The van der Waals surface area contributed by atoms with Crippen molar-refractivity contribution in [3.8, 4) is 25.0 Å². The van der Waals surface area contributed by atoms with Gasteiger partial charge in [-0.3, -0.25) is 4.99 Å². The predicted molar refractivity (Wildman–Crippen MR) is 119 cm³/mol. The lowest BCUT2D eigenvalue weighted by molar-refractivity contribution is 0.940. The molecule has 2 rings (SSSR count). The van der Waals surface area contributed by atoms with E-state index in [0.29, 0.717) is 18.1 Å². The minimum absolute atomic E-state index is 0.501. The zero-order valence-electron chi connectivity index (χ0n) is 16.5. The Morgan fingerprint density at radius 3 is 2.57 bits per heavy atom. The van der Waals surface area contributed by atoms with Gasteiger partial charge in [-0.1, -0.05) is 26.3 Å². The van der Waals surface area contributed by atoms with E-state index in [4.69, 9.17) is 4.99 Å². The molecule has 2 aromatic rings. The summed E-state index contributed by atoms with van der Waals surface area (Å²) in [5.41, 5.74) is 2.16. The van der Waals surface area contributed by atoms with Crippen molar-refractivity contribution >= 4 is 28.5 Å². The summed E-state index contributed by atoms with van der Waals surface area (Å²) in [6.45, 7) is 6.63. The number of nitriles is 2. The minimum Gasteiger partial charge on any atom is -0.331 e. The molecule has 6 heteroatoms. The van der Waals surface area contributed by atoms with Crippen molar-refractivity contribution in [3.05, 3.63) is 55.0 Å². The number of aryl methyl sites for hydroxylation is 1. The van der Waals surface area contributed by atoms with Crippen molar-refractivity contribution in [2.75, 3.05) is 0 Å². The number of aliphatic imine (C=N–C) groups is 1. The number of thiophene rings is 2. The third-order valence-electron chi connectivity index (χ3n) is 3.85. The molecule has 0 amide bonds. The first-order valence-corrected chi connectivity index (χ1v) is 10.6. The summed E-state index contributed by atoms with van der Waals surface area (Å²) >= 11 is 3.24. The molecule has 0 radical (unpaired) electrons. The number of terminal acetylenes is 1. The zero-order valence-corrected chi connectivity index (χ0v) is 18.1. The maximum atomic E-state index is 9.48. The van der Waals surface area contributed by atoms with Gasteiger partial charge in [-0.05, 0) is 42.9 Å². The summed E-state index contributed by atoms with van der Waals surface area (Å²) in [6, 6.07) is 8.57. The molecule has 0 aliphatic heterocycles. The second kappa shape index (κ2) is 12.5. The van der Waals surface area contributed by atoms with Gasteiger partial charge in [-0.15, -0.1) is 35.5 Å². The largest absolute Gasteiger partial charge is 0.331 e. The molecule has 0 bridgehead atoms. The van der Waals surface area contributed by atoms with E-state index in [2.05, 4.69) is 37.2 Å². The SMILES string of the molecule is C#C.CCC/C=C(\C#N)NC(=NCc1cccs1)c1sc(CC)c(C#N)c1C. The fourth-order valence-electron chi connectivity index (χ4n) is 2.46. The summed E-state index contributed by atoms with van der Waals surface area (Å²) < 4.78 is 0. The van der Waals surface area contributed by atoms with Crippen molar-refractivity contribution in [1.82, 2.24) is 5.32 Å². The Labute approximate surface area is 175 Å². The van der Waals surface area contributed by atoms with Gasteiger partial charge in [0.1, 0.15) is 23.7 Å². The molecule has 0 unspecified atom stereocenters. The molecule has 4 nitrogen and oxygen atoms in total. The number of nitrogens with zero attached hydrogens (tertiary/aromatic N) is 3. The van der Waals surface area contributed by atoms with Crippen LogP contribution in [-0.4, -0.2) is 5.84 Å². The van der Waals surface area contributed by atoms with Gasteiger partial charge in [-0.2, -0.15) is 10.5 Å². The zero-order chi connectivity index (χ0) is 20.9. The van der Waals surface area contributed by atoms with Crippen molar-refractivity contribution < 1.29 is 0 Å². The van der Waals surface area contributed by atoms with Crippen molar-refractivity contribution in [2.24, 2.45) is 4.99 Å². The minimum atomic E-state index is 0.501. The van der Waals surface area contributed by atoms with E-state index in [-0.39, 0.29) is 0 Å². The topological polar surface area (TPSA) is 72.0 Å². The number of rotatable bonds is 7. The normalized spacial score (nSPS) is 11.1. The molecule has 0 atom stereocenters. The number of allylic oxidation sites excluding steroid dienone is 2. The Hall–Kier alpha value is -2.85. The Kier molecular flexibility index (Phi) is 10.4. The van der Waals surface area contributed by atoms with Crippen LogP contribution in [0.15, 0.2) is 34.3 Å². The maximum absolute atomic E-state index is 9.48. The first kappa shape index (κ1) is 23.2. The van der Waals surface area contributed by atoms with Gasteiger partial charge in [0.15, 0.2) is 0 Å². The fourth-order valence-corrected chi connectivity index (χ4v) is 4.25. The van der Waals surface area contributed by atoms with Gasteiger partial charge >= 0.3 is 0 Å². The Morgan fingerprint density at radius 1 is 1.32 bits per heavy atom. The predicted octanol–water partition coefficient (Wildman–Crippen LogP) is 5.55. The molecule has 1 N–H and O–H groups in total. The molecular formula is C22H24N4S2. The molecule has 144 valence electrons. The first-order valence-electron chi connectivity index (χ1n) is 8.94. The quantitative estimate of drug-likeness (QED) is 0.283. The van der Waals surface area contributed by atoms with E-state index in [0.717, 1.165) is 45.0 Å². The lowest BCUT2D eigenvalue weighted by Gasteiger charge is -2.09. The highest BCUT2D eigenvalue weighted by atomic mass is 32.1. The van der Waals surface area contributed by atoms with Crippen molar-refractivity contribution in [3.63, 3.8) is 0 Å². The third-order valence-corrected chi connectivity index (χ3v) is 6.16. The second-order valence-corrected chi connectivity index (χ2v) is 7.84. The first-order chi connectivity index (χ1) is 13.6. The van der Waals surface area contributed by atoms with Crippen LogP contribution in [0.1, 0.15) is 52.4 Å². The lowest BCUT2D eigenvalue weighted by atomic mass is 10.1. The van der Waals surface area contributed by atoms with Crippen molar-refractivity contribution in [2.45, 2.75) is 46.6 Å². The van der Waals surface area contributed by atoms with Crippen LogP contribution >= 0.6 is 22.7 Å². The monoisotopic (exact) mass is 408 g/mol. The Morgan fingerprint density at radius 2 is 2.07 bits per heavy atom. The highest BCUT2D eigenvalue weighted by molar-refractivity contribution is 7.14. The van der Waals surface area contributed by atoms with E-state index < -0.39 is 0 Å². The standard InChI is InChI=1S/C20H22N4S2.C2H2/c1-4-6-8-15(11-21)24-20(23-13-16-9-7-10-25-16)19-14(3)17(12-22)18(5-2)26-19;1-2/h7-10H,4-6,13H2,1-3H3,(H,23,24);1-2H/b15-8+;. The van der Waals surface area contributed by atoms with Crippen LogP contribution in [0.5, 0.6) is 0 Å². The number of amidine groups is 1. The van der Waals surface area contributed by atoms with E-state index in [1.54, 1.807) is 22.7 Å². The lowest BCUT2D eigenvalue weighted by Crippen LogP contribution is -2.23. The van der Waals surface area contributed by atoms with Crippen LogP contribution in [0, 0.1) is 42.4 Å². The molecule has 0 aliphatic carbocycles. The molecule has 0 saturated heterocycles. The van der Waals surface area contributed by atoms with Crippen LogP contribution in [0.3, 0.4) is 0 Å². The van der Waals surface area contributed by atoms with Crippen LogP contribution in [0.25, 0.3) is 0 Å². The van der Waals surface area contributed by atoms with E-state index >= 15 is 0 Å². The van der Waals surface area contributed by atoms with Crippen LogP contribution in [0.2, 0.25) is 0 Å². The number of hydrogen-bond donors (Lipinski definition) is 1. The molecule has 0 spiro atoms. The molecule has 0 aromatic carbocycles. The molecule has 28 heavy (non-hydrogen) atoms. The van der Waals surface area contributed by atoms with E-state index in [9.17, 15) is 10.5 Å². The summed E-state index contributed by atoms with van der Waals surface area (Å²) in [6.07, 6.45) is 12.5. The molecule has 2 aromatic heterocycles. The van der Waals surface area contributed by atoms with Gasteiger partial charge < -0.3 is 5.32 Å². The number of nitrogens with one attached hydrogen (secondary N) is 1. The van der Waals surface area contributed by atoms with Gasteiger partial charge in [0, 0.05) is 9.75 Å². The highest BCUT2D eigenvalue weighted by Gasteiger charge is 2.18. The maximum Gasteiger partial charge on any atom is 0.144 e. The van der Waals surface area contributed by atoms with Gasteiger partial charge in [0.25, 0.3) is 0 Å². The smallest absolute Gasteiger partial charge is 0.144 e. The number of unbranched alkanes of at least 4 members (excludes halogenated alkanes) is 1. The van der Waals surface area contributed by atoms with Crippen LogP contribution < -0.4 is 5.32 Å². The Balaban J connectivity index is 0.00000190.